The second-order valence-corrected chi connectivity index (χ2v) is 4.38. The van der Waals surface area contributed by atoms with E-state index in [4.69, 9.17) is 0 Å². The number of nitro groups is 1. The van der Waals surface area contributed by atoms with Crippen molar-refractivity contribution in [2.45, 2.75) is 12.8 Å². The lowest BCUT2D eigenvalue weighted by molar-refractivity contribution is -0.385. The molecule has 1 unspecified atom stereocenters. The van der Waals surface area contributed by atoms with Crippen molar-refractivity contribution in [3.63, 3.8) is 0 Å². The van der Waals surface area contributed by atoms with Crippen molar-refractivity contribution in [1.82, 2.24) is 0 Å². The molecule has 96 valence electrons. The normalized spacial score (nSPS) is 19.6. The van der Waals surface area contributed by atoms with Crippen LogP contribution in [-0.2, 0) is 4.79 Å². The molecule has 0 saturated carbocycles. The van der Waals surface area contributed by atoms with Gasteiger partial charge in [-0.3, -0.25) is 10.1 Å². The molecular weight excluding hydrogens is 239 g/mol. The summed E-state index contributed by atoms with van der Waals surface area (Å²) in [6.07, 6.45) is 2.52. The third-order valence-electron chi connectivity index (χ3n) is 3.13. The molecule has 0 radical (unpaired) electrons. The molecule has 1 saturated heterocycles. The maximum absolute atomic E-state index is 13.8. The minimum absolute atomic E-state index is 0.0895. The zero-order chi connectivity index (χ0) is 13.1. The van der Waals surface area contributed by atoms with Crippen LogP contribution in [0.2, 0.25) is 0 Å². The van der Waals surface area contributed by atoms with Gasteiger partial charge in [-0.05, 0) is 18.9 Å². The van der Waals surface area contributed by atoms with Crippen molar-refractivity contribution in [2.75, 3.05) is 18.0 Å². The van der Waals surface area contributed by atoms with Gasteiger partial charge in [-0.25, -0.2) is 4.39 Å². The van der Waals surface area contributed by atoms with E-state index >= 15 is 0 Å². The lowest BCUT2D eigenvalue weighted by Crippen LogP contribution is -2.36. The van der Waals surface area contributed by atoms with Crippen molar-refractivity contribution < 1.29 is 14.1 Å². The molecule has 0 aliphatic carbocycles. The van der Waals surface area contributed by atoms with E-state index in [1.165, 1.54) is 12.1 Å². The smallest absolute Gasteiger partial charge is 0.272 e. The van der Waals surface area contributed by atoms with Gasteiger partial charge in [0.2, 0.25) is 0 Å². The highest BCUT2D eigenvalue weighted by atomic mass is 19.1. The molecule has 1 atom stereocenters. The standard InChI is InChI=1S/C12H13FN2O3/c13-11-6-10(15(17)18)3-4-12(11)14-5-1-2-9(7-14)8-16/h3-4,6,8-9H,1-2,5,7H2. The fourth-order valence-corrected chi connectivity index (χ4v) is 2.21. The number of nitrogens with zero attached hydrogens (tertiary/aromatic N) is 2. The van der Waals surface area contributed by atoms with Gasteiger partial charge in [0.15, 0.2) is 5.82 Å². The molecule has 1 aliphatic heterocycles. The summed E-state index contributed by atoms with van der Waals surface area (Å²) >= 11 is 0. The number of carbonyl (C=O) groups excluding carboxylic acids is 1. The number of anilines is 1. The number of rotatable bonds is 3. The highest BCUT2D eigenvalue weighted by molar-refractivity contribution is 5.58. The molecular formula is C12H13FN2O3. The first-order chi connectivity index (χ1) is 8.61. The second-order valence-electron chi connectivity index (χ2n) is 4.38. The summed E-state index contributed by atoms with van der Waals surface area (Å²) in [4.78, 5) is 22.4. The molecule has 1 aromatic rings. The van der Waals surface area contributed by atoms with Crippen molar-refractivity contribution in [3.8, 4) is 0 Å². The molecule has 1 aliphatic rings. The molecule has 0 N–H and O–H groups in total. The molecule has 6 heteroatoms. The average Bonchev–Trinajstić information content (AvgIpc) is 2.38. The quantitative estimate of drug-likeness (QED) is 0.469. The van der Waals surface area contributed by atoms with E-state index in [0.29, 0.717) is 18.8 Å². The Bertz CT molecular complexity index is 478. The van der Waals surface area contributed by atoms with Gasteiger partial charge in [0, 0.05) is 25.1 Å². The van der Waals surface area contributed by atoms with Crippen molar-refractivity contribution >= 4 is 17.7 Å². The van der Waals surface area contributed by atoms with Gasteiger partial charge in [-0.1, -0.05) is 0 Å². The number of hydrogen-bond donors (Lipinski definition) is 0. The molecule has 0 spiro atoms. The van der Waals surface area contributed by atoms with Crippen molar-refractivity contribution in [2.24, 2.45) is 5.92 Å². The van der Waals surface area contributed by atoms with Gasteiger partial charge >= 0.3 is 0 Å². The molecule has 1 heterocycles. The largest absolute Gasteiger partial charge is 0.368 e. The number of nitro benzene ring substituents is 1. The lowest BCUT2D eigenvalue weighted by Gasteiger charge is -2.32. The molecule has 5 nitrogen and oxygen atoms in total. The number of hydrogen-bond acceptors (Lipinski definition) is 4. The maximum atomic E-state index is 13.8. The summed E-state index contributed by atoms with van der Waals surface area (Å²) in [7, 11) is 0. The molecule has 0 amide bonds. The molecule has 0 bridgehead atoms. The van der Waals surface area contributed by atoms with Gasteiger partial charge in [-0.2, -0.15) is 0 Å². The van der Waals surface area contributed by atoms with Crippen LogP contribution in [-0.4, -0.2) is 24.3 Å². The minimum Gasteiger partial charge on any atom is -0.368 e. The first-order valence-electron chi connectivity index (χ1n) is 5.76. The first-order valence-corrected chi connectivity index (χ1v) is 5.76. The number of piperidine rings is 1. The van der Waals surface area contributed by atoms with Gasteiger partial charge in [0.1, 0.15) is 6.29 Å². The van der Waals surface area contributed by atoms with Crippen LogP contribution < -0.4 is 4.90 Å². The summed E-state index contributed by atoms with van der Waals surface area (Å²) in [5, 5.41) is 10.5. The predicted molar refractivity (Wildman–Crippen MR) is 64.1 cm³/mol. The van der Waals surface area contributed by atoms with Crippen LogP contribution in [0.15, 0.2) is 18.2 Å². The van der Waals surface area contributed by atoms with E-state index in [0.717, 1.165) is 25.2 Å². The van der Waals surface area contributed by atoms with E-state index in [1.807, 2.05) is 0 Å². The van der Waals surface area contributed by atoms with Crippen molar-refractivity contribution in [3.05, 3.63) is 34.1 Å². The van der Waals surface area contributed by atoms with Crippen LogP contribution >= 0.6 is 0 Å². The Hall–Kier alpha value is -1.98. The Morgan fingerprint density at radius 1 is 1.50 bits per heavy atom. The fraction of sp³-hybridized carbons (Fsp3) is 0.417. The van der Waals surface area contributed by atoms with Crippen LogP contribution in [0.5, 0.6) is 0 Å². The Balaban J connectivity index is 2.22. The Labute approximate surface area is 103 Å². The highest BCUT2D eigenvalue weighted by Gasteiger charge is 2.22. The monoisotopic (exact) mass is 252 g/mol. The second kappa shape index (κ2) is 5.12. The van der Waals surface area contributed by atoms with Gasteiger partial charge in [0.25, 0.3) is 5.69 Å². The zero-order valence-electron chi connectivity index (χ0n) is 9.71. The van der Waals surface area contributed by atoms with Gasteiger partial charge in [0.05, 0.1) is 16.7 Å². The maximum Gasteiger partial charge on any atom is 0.272 e. The van der Waals surface area contributed by atoms with Gasteiger partial charge < -0.3 is 9.69 Å². The number of carbonyl (C=O) groups is 1. The molecule has 1 fully saturated rings. The van der Waals surface area contributed by atoms with Gasteiger partial charge in [-0.15, -0.1) is 0 Å². The SMILES string of the molecule is O=CC1CCCN(c2ccc([N+](=O)[O-])cc2F)C1. The third-order valence-corrected chi connectivity index (χ3v) is 3.13. The van der Waals surface area contributed by atoms with Crippen LogP contribution in [0, 0.1) is 21.8 Å². The Morgan fingerprint density at radius 2 is 2.28 bits per heavy atom. The summed E-state index contributed by atoms with van der Waals surface area (Å²) in [6, 6.07) is 3.60. The van der Waals surface area contributed by atoms with E-state index in [-0.39, 0.29) is 11.6 Å². The fourth-order valence-electron chi connectivity index (χ4n) is 2.21. The van der Waals surface area contributed by atoms with Crippen LogP contribution in [0.1, 0.15) is 12.8 Å². The predicted octanol–water partition coefficient (Wildman–Crippen LogP) is 2.15. The van der Waals surface area contributed by atoms with Crippen molar-refractivity contribution in [1.29, 1.82) is 0 Å². The van der Waals surface area contributed by atoms with Crippen LogP contribution in [0.4, 0.5) is 15.8 Å². The zero-order valence-corrected chi connectivity index (χ0v) is 9.71. The third kappa shape index (κ3) is 2.47. The molecule has 1 aromatic carbocycles. The number of benzene rings is 1. The molecule has 0 aromatic heterocycles. The number of aldehydes is 1. The lowest BCUT2D eigenvalue weighted by atomic mass is 9.99. The number of non-ortho nitro benzene ring substituents is 1. The van der Waals surface area contributed by atoms with E-state index in [2.05, 4.69) is 0 Å². The molecule has 18 heavy (non-hydrogen) atoms. The van der Waals surface area contributed by atoms with Crippen LogP contribution in [0.3, 0.4) is 0 Å². The Kier molecular flexibility index (Phi) is 3.55. The van der Waals surface area contributed by atoms with Crippen LogP contribution in [0.25, 0.3) is 0 Å². The summed E-state index contributed by atoms with van der Waals surface area (Å²) in [6.45, 7) is 1.14. The Morgan fingerprint density at radius 3 is 2.89 bits per heavy atom. The topological polar surface area (TPSA) is 63.5 Å². The molecule has 2 rings (SSSR count). The minimum atomic E-state index is -0.628. The number of halogens is 1. The first kappa shape index (κ1) is 12.5. The summed E-state index contributed by atoms with van der Waals surface area (Å²) < 4.78 is 13.8. The van der Waals surface area contributed by atoms with E-state index in [9.17, 15) is 19.3 Å². The van der Waals surface area contributed by atoms with E-state index < -0.39 is 10.7 Å². The summed E-state index contributed by atoms with van der Waals surface area (Å²) in [5.41, 5.74) is 0.0624. The summed E-state index contributed by atoms with van der Waals surface area (Å²) in [5.74, 6) is -0.705. The average molecular weight is 252 g/mol. The highest BCUT2D eigenvalue weighted by Crippen LogP contribution is 2.27. The van der Waals surface area contributed by atoms with E-state index in [1.54, 1.807) is 4.90 Å².